The second kappa shape index (κ2) is 8.69. The Morgan fingerprint density at radius 2 is 2.07 bits per heavy atom. The van der Waals surface area contributed by atoms with Crippen LogP contribution >= 0.6 is 22.7 Å². The lowest BCUT2D eigenvalue weighted by Crippen LogP contribution is -2.23. The normalized spacial score (nSPS) is 10.7. The second-order valence-electron chi connectivity index (χ2n) is 6.58. The summed E-state index contributed by atoms with van der Waals surface area (Å²) in [7, 11) is 1.65. The Morgan fingerprint density at radius 3 is 2.73 bits per heavy atom. The molecule has 1 aromatic carbocycles. The molecule has 0 saturated heterocycles. The molecule has 0 aliphatic carbocycles. The summed E-state index contributed by atoms with van der Waals surface area (Å²) in [6.45, 7) is 6.06. The van der Waals surface area contributed by atoms with Crippen LogP contribution in [0.2, 0.25) is 0 Å². The predicted molar refractivity (Wildman–Crippen MR) is 124 cm³/mol. The van der Waals surface area contributed by atoms with Crippen molar-refractivity contribution in [3.63, 3.8) is 0 Å². The smallest absolute Gasteiger partial charge is 0.253 e. The number of ether oxygens (including phenoxy) is 1. The molecule has 30 heavy (non-hydrogen) atoms. The largest absolute Gasteiger partial charge is 0.497 e. The van der Waals surface area contributed by atoms with Crippen LogP contribution in [0, 0.1) is 6.92 Å². The minimum Gasteiger partial charge on any atom is -0.497 e. The van der Waals surface area contributed by atoms with Crippen molar-refractivity contribution < 1.29 is 9.53 Å². The minimum absolute atomic E-state index is 0.116. The fraction of sp³-hybridized carbons (Fsp3) is 0.130. The maximum atomic E-state index is 12.7. The van der Waals surface area contributed by atoms with Gasteiger partial charge in [0.25, 0.3) is 5.91 Å². The SMILES string of the molecule is C=CCNC(=O)c1cc(-c2csc(-c3ccc(OC)cc3)n2)n(-c2cccs2)c1C. The third-order valence-electron chi connectivity index (χ3n) is 4.73. The number of methoxy groups -OCH3 is 1. The lowest BCUT2D eigenvalue weighted by molar-refractivity contribution is 0.0957. The maximum absolute atomic E-state index is 12.7. The van der Waals surface area contributed by atoms with Crippen molar-refractivity contribution in [2.75, 3.05) is 13.7 Å². The van der Waals surface area contributed by atoms with E-state index < -0.39 is 0 Å². The van der Waals surface area contributed by atoms with E-state index in [1.54, 1.807) is 35.9 Å². The van der Waals surface area contributed by atoms with Crippen LogP contribution in [0.25, 0.3) is 27.0 Å². The molecule has 0 atom stereocenters. The van der Waals surface area contributed by atoms with E-state index in [1.807, 2.05) is 60.1 Å². The quantitative estimate of drug-likeness (QED) is 0.387. The molecule has 5 nitrogen and oxygen atoms in total. The van der Waals surface area contributed by atoms with Crippen LogP contribution in [0.15, 0.2) is 65.9 Å². The molecule has 0 radical (unpaired) electrons. The number of thiazole rings is 1. The molecular weight excluding hydrogens is 414 g/mol. The Morgan fingerprint density at radius 1 is 1.27 bits per heavy atom. The zero-order valence-electron chi connectivity index (χ0n) is 16.7. The van der Waals surface area contributed by atoms with Gasteiger partial charge in [-0.2, -0.15) is 0 Å². The summed E-state index contributed by atoms with van der Waals surface area (Å²) in [5.74, 6) is 0.697. The van der Waals surface area contributed by atoms with Gasteiger partial charge in [-0.3, -0.25) is 4.79 Å². The first kappa shape index (κ1) is 20.1. The standard InChI is InChI=1S/C23H21N3O2S2/c1-4-11-24-22(27)18-13-20(26(15(18)2)21-6-5-12-29-21)19-14-30-23(25-19)16-7-9-17(28-3)10-8-16/h4-10,12-14H,1,11H2,2-3H3,(H,24,27). The van der Waals surface area contributed by atoms with E-state index >= 15 is 0 Å². The lowest BCUT2D eigenvalue weighted by Gasteiger charge is -2.08. The summed E-state index contributed by atoms with van der Waals surface area (Å²) in [4.78, 5) is 17.5. The molecule has 0 fully saturated rings. The number of rotatable bonds is 7. The van der Waals surface area contributed by atoms with Crippen molar-refractivity contribution in [2.45, 2.75) is 6.92 Å². The van der Waals surface area contributed by atoms with Gasteiger partial charge in [-0.25, -0.2) is 4.98 Å². The van der Waals surface area contributed by atoms with Crippen LogP contribution in [0.1, 0.15) is 16.1 Å². The summed E-state index contributed by atoms with van der Waals surface area (Å²) in [6, 6.07) is 13.8. The van der Waals surface area contributed by atoms with E-state index in [1.165, 1.54) is 0 Å². The molecule has 0 bridgehead atoms. The summed E-state index contributed by atoms with van der Waals surface area (Å²) in [5.41, 5.74) is 4.29. The van der Waals surface area contributed by atoms with Gasteiger partial charge in [0.2, 0.25) is 0 Å². The first-order chi connectivity index (χ1) is 14.6. The summed E-state index contributed by atoms with van der Waals surface area (Å²) in [6.07, 6.45) is 1.67. The molecule has 7 heteroatoms. The minimum atomic E-state index is -0.116. The van der Waals surface area contributed by atoms with Gasteiger partial charge in [-0.1, -0.05) is 6.08 Å². The van der Waals surface area contributed by atoms with Gasteiger partial charge in [0.15, 0.2) is 0 Å². The Labute approximate surface area is 183 Å². The molecule has 4 rings (SSSR count). The molecule has 0 saturated carbocycles. The Balaban J connectivity index is 1.77. The first-order valence-corrected chi connectivity index (χ1v) is 11.1. The Bertz CT molecular complexity index is 1170. The van der Waals surface area contributed by atoms with Crippen LogP contribution in [-0.2, 0) is 0 Å². The number of nitrogens with one attached hydrogen (secondary N) is 1. The number of nitrogens with zero attached hydrogens (tertiary/aromatic N) is 2. The molecule has 152 valence electrons. The van der Waals surface area contributed by atoms with Gasteiger partial charge in [-0.05, 0) is 54.8 Å². The maximum Gasteiger partial charge on any atom is 0.253 e. The fourth-order valence-corrected chi connectivity index (χ4v) is 4.84. The number of benzene rings is 1. The monoisotopic (exact) mass is 435 g/mol. The van der Waals surface area contributed by atoms with E-state index in [9.17, 15) is 4.79 Å². The van der Waals surface area contributed by atoms with Crippen LogP contribution < -0.4 is 10.1 Å². The van der Waals surface area contributed by atoms with Gasteiger partial charge in [0.1, 0.15) is 10.8 Å². The molecule has 1 N–H and O–H groups in total. The topological polar surface area (TPSA) is 56.1 Å². The third-order valence-corrected chi connectivity index (χ3v) is 6.47. The summed E-state index contributed by atoms with van der Waals surface area (Å²) in [5, 5.41) is 8.90. The van der Waals surface area contributed by atoms with Gasteiger partial charge < -0.3 is 14.6 Å². The number of carbonyl (C=O) groups excluding carboxylic acids is 1. The van der Waals surface area contributed by atoms with E-state index in [0.717, 1.165) is 38.4 Å². The van der Waals surface area contributed by atoms with Gasteiger partial charge in [0.05, 0.1) is 29.1 Å². The zero-order valence-corrected chi connectivity index (χ0v) is 18.3. The Kier molecular flexibility index (Phi) is 5.83. The molecule has 0 aliphatic rings. The number of carbonyl (C=O) groups is 1. The third kappa shape index (κ3) is 3.81. The van der Waals surface area contributed by atoms with Crippen LogP contribution in [0.5, 0.6) is 5.75 Å². The lowest BCUT2D eigenvalue weighted by atomic mass is 10.2. The average molecular weight is 436 g/mol. The van der Waals surface area contributed by atoms with Crippen molar-refractivity contribution in [2.24, 2.45) is 0 Å². The van der Waals surface area contributed by atoms with Crippen molar-refractivity contribution in [3.05, 3.63) is 77.1 Å². The van der Waals surface area contributed by atoms with Crippen LogP contribution in [-0.4, -0.2) is 29.1 Å². The highest BCUT2D eigenvalue weighted by molar-refractivity contribution is 7.13. The van der Waals surface area contributed by atoms with Crippen LogP contribution in [0.3, 0.4) is 0 Å². The van der Waals surface area contributed by atoms with E-state index in [0.29, 0.717) is 12.1 Å². The highest BCUT2D eigenvalue weighted by Crippen LogP contribution is 2.34. The second-order valence-corrected chi connectivity index (χ2v) is 8.36. The van der Waals surface area contributed by atoms with E-state index in [-0.39, 0.29) is 5.91 Å². The molecule has 0 aliphatic heterocycles. The Hall–Kier alpha value is -3.16. The van der Waals surface area contributed by atoms with Crippen molar-refractivity contribution in [1.29, 1.82) is 0 Å². The molecule has 0 unspecified atom stereocenters. The highest BCUT2D eigenvalue weighted by atomic mass is 32.1. The fourth-order valence-electron chi connectivity index (χ4n) is 3.22. The predicted octanol–water partition coefficient (Wildman–Crippen LogP) is 5.56. The van der Waals surface area contributed by atoms with Gasteiger partial charge in [-0.15, -0.1) is 29.3 Å². The van der Waals surface area contributed by atoms with E-state index in [2.05, 4.69) is 16.5 Å². The van der Waals surface area contributed by atoms with Crippen molar-refractivity contribution in [3.8, 4) is 32.7 Å². The van der Waals surface area contributed by atoms with Crippen molar-refractivity contribution in [1.82, 2.24) is 14.9 Å². The van der Waals surface area contributed by atoms with Crippen molar-refractivity contribution >= 4 is 28.6 Å². The molecule has 3 heterocycles. The first-order valence-electron chi connectivity index (χ1n) is 9.38. The number of thiophene rings is 1. The van der Waals surface area contributed by atoms with Crippen LogP contribution in [0.4, 0.5) is 0 Å². The average Bonchev–Trinajstić information content (AvgIpc) is 3.51. The number of aromatic nitrogens is 2. The number of amides is 1. The number of hydrogen-bond acceptors (Lipinski definition) is 5. The summed E-state index contributed by atoms with van der Waals surface area (Å²) < 4.78 is 7.34. The van der Waals surface area contributed by atoms with E-state index in [4.69, 9.17) is 9.72 Å². The molecule has 4 aromatic rings. The van der Waals surface area contributed by atoms with Gasteiger partial charge >= 0.3 is 0 Å². The zero-order chi connectivity index (χ0) is 21.1. The molecule has 0 spiro atoms. The highest BCUT2D eigenvalue weighted by Gasteiger charge is 2.21. The molecular formula is C23H21N3O2S2. The van der Waals surface area contributed by atoms with Gasteiger partial charge in [0, 0.05) is 23.2 Å². The molecule has 3 aromatic heterocycles. The molecule has 1 amide bonds. The summed E-state index contributed by atoms with van der Waals surface area (Å²) >= 11 is 3.20. The number of hydrogen-bond donors (Lipinski definition) is 1.